The number of hydrogen-bond acceptors (Lipinski definition) is 4. The zero-order valence-corrected chi connectivity index (χ0v) is 12.2. The van der Waals surface area contributed by atoms with Gasteiger partial charge in [-0.25, -0.2) is 9.97 Å². The molecule has 0 saturated heterocycles. The lowest BCUT2D eigenvalue weighted by molar-refractivity contribution is 0.0946. The smallest absolute Gasteiger partial charge is 0.270 e. The van der Waals surface area contributed by atoms with Gasteiger partial charge in [-0.3, -0.25) is 4.79 Å². The van der Waals surface area contributed by atoms with Crippen LogP contribution in [-0.2, 0) is 0 Å². The first-order valence-electron chi connectivity index (χ1n) is 6.36. The second-order valence-corrected chi connectivity index (χ2v) is 5.59. The Morgan fingerprint density at radius 3 is 2.85 bits per heavy atom. The minimum Gasteiger partial charge on any atom is -0.348 e. The van der Waals surface area contributed by atoms with Gasteiger partial charge in [-0.1, -0.05) is 22.0 Å². The normalized spacial score (nSPS) is 13.8. The van der Waals surface area contributed by atoms with E-state index in [-0.39, 0.29) is 5.91 Å². The number of nitrogens with one attached hydrogen (secondary N) is 2. The molecule has 0 radical (unpaired) electrons. The molecule has 20 heavy (non-hydrogen) atoms. The number of benzene rings is 1. The highest BCUT2D eigenvalue weighted by atomic mass is 79.9. The first-order chi connectivity index (χ1) is 9.70. The van der Waals surface area contributed by atoms with Gasteiger partial charge < -0.3 is 10.6 Å². The average molecular weight is 333 g/mol. The van der Waals surface area contributed by atoms with Gasteiger partial charge in [0.05, 0.1) is 0 Å². The summed E-state index contributed by atoms with van der Waals surface area (Å²) in [4.78, 5) is 20.0. The highest BCUT2D eigenvalue weighted by Gasteiger charge is 2.24. The van der Waals surface area contributed by atoms with Gasteiger partial charge in [0, 0.05) is 22.3 Å². The number of anilines is 2. The SMILES string of the molecule is O=C(NC1CC1)c1cc(Nc2cccc(Br)c2)ncn1. The van der Waals surface area contributed by atoms with Crippen molar-refractivity contribution in [3.63, 3.8) is 0 Å². The largest absolute Gasteiger partial charge is 0.348 e. The van der Waals surface area contributed by atoms with Crippen LogP contribution in [0, 0.1) is 0 Å². The molecule has 1 aromatic heterocycles. The van der Waals surface area contributed by atoms with Crippen molar-refractivity contribution in [3.05, 3.63) is 46.8 Å². The van der Waals surface area contributed by atoms with E-state index < -0.39 is 0 Å². The molecule has 6 heteroatoms. The monoisotopic (exact) mass is 332 g/mol. The predicted octanol–water partition coefficient (Wildman–Crippen LogP) is 2.87. The Morgan fingerprint density at radius 2 is 2.10 bits per heavy atom. The molecule has 0 atom stereocenters. The molecule has 0 aliphatic heterocycles. The van der Waals surface area contributed by atoms with E-state index >= 15 is 0 Å². The van der Waals surface area contributed by atoms with Crippen molar-refractivity contribution in [2.75, 3.05) is 5.32 Å². The first-order valence-corrected chi connectivity index (χ1v) is 7.15. The number of amides is 1. The first kappa shape index (κ1) is 13.1. The van der Waals surface area contributed by atoms with Crippen molar-refractivity contribution < 1.29 is 4.79 Å². The Kier molecular flexibility index (Phi) is 3.64. The van der Waals surface area contributed by atoms with Gasteiger partial charge >= 0.3 is 0 Å². The molecule has 5 nitrogen and oxygen atoms in total. The summed E-state index contributed by atoms with van der Waals surface area (Å²) < 4.78 is 0.975. The van der Waals surface area contributed by atoms with Crippen molar-refractivity contribution in [1.82, 2.24) is 15.3 Å². The summed E-state index contributed by atoms with van der Waals surface area (Å²) >= 11 is 3.41. The number of hydrogen-bond donors (Lipinski definition) is 2. The van der Waals surface area contributed by atoms with E-state index in [2.05, 4.69) is 36.5 Å². The molecule has 1 saturated carbocycles. The molecule has 0 spiro atoms. The van der Waals surface area contributed by atoms with E-state index in [1.165, 1.54) is 6.33 Å². The molecule has 1 aromatic carbocycles. The maximum atomic E-state index is 11.9. The van der Waals surface area contributed by atoms with E-state index in [0.29, 0.717) is 17.6 Å². The Bertz CT molecular complexity index is 643. The van der Waals surface area contributed by atoms with Crippen molar-refractivity contribution in [1.29, 1.82) is 0 Å². The second-order valence-electron chi connectivity index (χ2n) is 4.67. The average Bonchev–Trinajstić information content (AvgIpc) is 3.23. The van der Waals surface area contributed by atoms with Gasteiger partial charge in [0.2, 0.25) is 0 Å². The van der Waals surface area contributed by atoms with E-state index in [9.17, 15) is 4.79 Å². The van der Waals surface area contributed by atoms with E-state index in [1.807, 2.05) is 24.3 Å². The van der Waals surface area contributed by atoms with E-state index in [0.717, 1.165) is 23.0 Å². The summed E-state index contributed by atoms with van der Waals surface area (Å²) in [6, 6.07) is 9.70. The number of halogens is 1. The molecule has 1 heterocycles. The molecular weight excluding hydrogens is 320 g/mol. The number of nitrogens with zero attached hydrogens (tertiary/aromatic N) is 2. The maximum Gasteiger partial charge on any atom is 0.270 e. The molecule has 0 bridgehead atoms. The van der Waals surface area contributed by atoms with Crippen LogP contribution in [0.15, 0.2) is 41.1 Å². The van der Waals surface area contributed by atoms with Crippen molar-refractivity contribution in [2.45, 2.75) is 18.9 Å². The number of carbonyl (C=O) groups excluding carboxylic acids is 1. The van der Waals surface area contributed by atoms with Crippen LogP contribution in [-0.4, -0.2) is 21.9 Å². The third-order valence-corrected chi connectivity index (χ3v) is 3.40. The zero-order valence-electron chi connectivity index (χ0n) is 10.6. The zero-order chi connectivity index (χ0) is 13.9. The maximum absolute atomic E-state index is 11.9. The fraction of sp³-hybridized carbons (Fsp3) is 0.214. The molecule has 1 aliphatic rings. The Morgan fingerprint density at radius 1 is 1.25 bits per heavy atom. The minimum atomic E-state index is -0.146. The molecule has 102 valence electrons. The summed E-state index contributed by atoms with van der Waals surface area (Å²) in [7, 11) is 0. The minimum absolute atomic E-state index is 0.146. The van der Waals surface area contributed by atoms with Gasteiger partial charge in [0.1, 0.15) is 17.8 Å². The second kappa shape index (κ2) is 5.58. The van der Waals surface area contributed by atoms with Crippen LogP contribution in [0.4, 0.5) is 11.5 Å². The fourth-order valence-electron chi connectivity index (χ4n) is 1.75. The van der Waals surface area contributed by atoms with Crippen LogP contribution >= 0.6 is 15.9 Å². The molecular formula is C14H13BrN4O. The van der Waals surface area contributed by atoms with Gasteiger partial charge in [-0.15, -0.1) is 0 Å². The lowest BCUT2D eigenvalue weighted by Crippen LogP contribution is -2.26. The predicted molar refractivity (Wildman–Crippen MR) is 79.9 cm³/mol. The van der Waals surface area contributed by atoms with Crippen LogP contribution in [0.1, 0.15) is 23.3 Å². The lowest BCUT2D eigenvalue weighted by atomic mass is 10.3. The van der Waals surface area contributed by atoms with Crippen molar-refractivity contribution >= 4 is 33.3 Å². The third kappa shape index (κ3) is 3.33. The summed E-state index contributed by atoms with van der Waals surface area (Å²) in [6.07, 6.45) is 3.50. The van der Waals surface area contributed by atoms with E-state index in [4.69, 9.17) is 0 Å². The standard InChI is InChI=1S/C14H13BrN4O/c15-9-2-1-3-11(6-9)18-13-7-12(16-8-17-13)14(20)19-10-4-5-10/h1-3,6-8,10H,4-5H2,(H,19,20)(H,16,17,18). The third-order valence-electron chi connectivity index (χ3n) is 2.91. The molecule has 2 N–H and O–H groups in total. The lowest BCUT2D eigenvalue weighted by Gasteiger charge is -2.07. The molecule has 1 aliphatic carbocycles. The summed E-state index contributed by atoms with van der Waals surface area (Å²) in [5, 5.41) is 6.05. The van der Waals surface area contributed by atoms with Crippen LogP contribution in [0.5, 0.6) is 0 Å². The van der Waals surface area contributed by atoms with Crippen LogP contribution in [0.25, 0.3) is 0 Å². The van der Waals surface area contributed by atoms with Gasteiger partial charge in [0.25, 0.3) is 5.91 Å². The quantitative estimate of drug-likeness (QED) is 0.903. The molecule has 3 rings (SSSR count). The Hall–Kier alpha value is -1.95. The molecule has 2 aromatic rings. The van der Waals surface area contributed by atoms with Gasteiger partial charge in [0.15, 0.2) is 0 Å². The van der Waals surface area contributed by atoms with Gasteiger partial charge in [-0.2, -0.15) is 0 Å². The van der Waals surface area contributed by atoms with Crippen molar-refractivity contribution in [2.24, 2.45) is 0 Å². The van der Waals surface area contributed by atoms with Crippen LogP contribution < -0.4 is 10.6 Å². The molecule has 1 amide bonds. The summed E-state index contributed by atoms with van der Waals surface area (Å²) in [5.41, 5.74) is 1.27. The molecule has 1 fully saturated rings. The fourth-order valence-corrected chi connectivity index (χ4v) is 2.15. The van der Waals surface area contributed by atoms with Crippen molar-refractivity contribution in [3.8, 4) is 0 Å². The van der Waals surface area contributed by atoms with Crippen LogP contribution in [0.2, 0.25) is 0 Å². The number of rotatable bonds is 4. The van der Waals surface area contributed by atoms with Gasteiger partial charge in [-0.05, 0) is 31.0 Å². The molecule has 0 unspecified atom stereocenters. The Labute approximate surface area is 125 Å². The van der Waals surface area contributed by atoms with E-state index in [1.54, 1.807) is 6.07 Å². The highest BCUT2D eigenvalue weighted by Crippen LogP contribution is 2.21. The summed E-state index contributed by atoms with van der Waals surface area (Å²) in [6.45, 7) is 0. The number of aromatic nitrogens is 2. The number of carbonyl (C=O) groups is 1. The Balaban J connectivity index is 1.75. The van der Waals surface area contributed by atoms with Crippen LogP contribution in [0.3, 0.4) is 0 Å². The summed E-state index contributed by atoms with van der Waals surface area (Å²) in [5.74, 6) is 0.450. The highest BCUT2D eigenvalue weighted by molar-refractivity contribution is 9.10. The topological polar surface area (TPSA) is 66.9 Å².